The highest BCUT2D eigenvalue weighted by Crippen LogP contribution is 2.65. The van der Waals surface area contributed by atoms with Crippen molar-refractivity contribution in [2.75, 3.05) is 0 Å². The molecule has 1 heterocycles. The van der Waals surface area contributed by atoms with E-state index in [0.717, 1.165) is 18.8 Å². The summed E-state index contributed by atoms with van der Waals surface area (Å²) >= 11 is 0. The zero-order chi connectivity index (χ0) is 20.7. The van der Waals surface area contributed by atoms with Gasteiger partial charge in [-0.25, -0.2) is 0 Å². The lowest BCUT2D eigenvalue weighted by Crippen LogP contribution is -2.52. The zero-order valence-corrected chi connectivity index (χ0v) is 18.5. The third-order valence-corrected chi connectivity index (χ3v) is 9.59. The number of hydrogen-bond donors (Lipinski definition) is 0. The lowest BCUT2D eigenvalue weighted by atomic mass is 9.47. The smallest absolute Gasteiger partial charge is 0.159 e. The van der Waals surface area contributed by atoms with E-state index in [-0.39, 0.29) is 16.7 Å². The van der Waals surface area contributed by atoms with Gasteiger partial charge < -0.3 is 4.57 Å². The summed E-state index contributed by atoms with van der Waals surface area (Å²) in [5, 5.41) is 1.30. The topological polar surface area (TPSA) is 22.0 Å². The quantitative estimate of drug-likeness (QED) is 0.513. The fourth-order valence-electron chi connectivity index (χ4n) is 7.80. The van der Waals surface area contributed by atoms with Gasteiger partial charge in [-0.2, -0.15) is 0 Å². The Kier molecular flexibility index (Phi) is 3.87. The average Bonchev–Trinajstić information content (AvgIpc) is 3.30. The van der Waals surface area contributed by atoms with Gasteiger partial charge >= 0.3 is 0 Å². The van der Waals surface area contributed by atoms with Gasteiger partial charge in [-0.15, -0.1) is 0 Å². The van der Waals surface area contributed by atoms with Crippen LogP contribution in [0.3, 0.4) is 0 Å². The van der Waals surface area contributed by atoms with Gasteiger partial charge in [0.15, 0.2) is 5.78 Å². The minimum absolute atomic E-state index is 0.0856. The number of rotatable bonds is 1. The van der Waals surface area contributed by atoms with Gasteiger partial charge in [0.1, 0.15) is 0 Å². The monoisotopic (exact) mass is 399 g/mol. The molecule has 0 aliphatic heterocycles. The third kappa shape index (κ3) is 2.34. The first kappa shape index (κ1) is 18.7. The summed E-state index contributed by atoms with van der Waals surface area (Å²) in [6.07, 6.45) is 13.9. The van der Waals surface area contributed by atoms with Crippen LogP contribution >= 0.6 is 0 Å². The van der Waals surface area contributed by atoms with E-state index in [9.17, 15) is 4.79 Å². The molecule has 2 aromatic rings. The van der Waals surface area contributed by atoms with E-state index < -0.39 is 0 Å². The number of nitrogens with zero attached hydrogens (tertiary/aromatic N) is 1. The first-order valence-electron chi connectivity index (χ1n) is 11.9. The van der Waals surface area contributed by atoms with Crippen LogP contribution in [0.2, 0.25) is 0 Å². The number of aromatic nitrogens is 1. The van der Waals surface area contributed by atoms with Gasteiger partial charge in [0.25, 0.3) is 0 Å². The van der Waals surface area contributed by atoms with Crippen LogP contribution in [0.25, 0.3) is 16.6 Å². The molecule has 6 atom stereocenters. The Morgan fingerprint density at radius 1 is 1.00 bits per heavy atom. The molecule has 3 unspecified atom stereocenters. The number of allylic oxidation sites excluding steroid dienone is 4. The van der Waals surface area contributed by atoms with E-state index in [1.54, 1.807) is 0 Å². The molecular formula is C28H33NO. The number of fused-ring (bicyclic) bond motifs is 6. The van der Waals surface area contributed by atoms with Crippen LogP contribution < -0.4 is 0 Å². The van der Waals surface area contributed by atoms with E-state index in [1.165, 1.54) is 47.9 Å². The lowest BCUT2D eigenvalue weighted by molar-refractivity contribution is -0.131. The molecule has 1 aromatic heterocycles. The number of carbonyl (C=O) groups excluding carboxylic acids is 1. The van der Waals surface area contributed by atoms with Gasteiger partial charge in [-0.1, -0.05) is 50.6 Å². The van der Waals surface area contributed by atoms with E-state index in [0.29, 0.717) is 17.6 Å². The first-order chi connectivity index (χ1) is 14.4. The Morgan fingerprint density at radius 3 is 2.67 bits per heavy atom. The van der Waals surface area contributed by atoms with Crippen molar-refractivity contribution < 1.29 is 4.79 Å². The molecule has 0 N–H and O–H groups in total. The molecule has 1 aromatic carbocycles. The Balaban J connectivity index is 1.40. The SMILES string of the molecule is C[C@H]1CC[C@@]2(C)C(=CC(=O)C3C2CC[C@]2(C)C(n4ccc5ccccc54)=CCC32)C1. The second-order valence-corrected chi connectivity index (χ2v) is 11.1. The maximum absolute atomic E-state index is 13.5. The Bertz CT molecular complexity index is 1100. The molecule has 156 valence electrons. The number of hydrogen-bond acceptors (Lipinski definition) is 1. The zero-order valence-electron chi connectivity index (χ0n) is 18.5. The van der Waals surface area contributed by atoms with E-state index in [2.05, 4.69) is 74.0 Å². The van der Waals surface area contributed by atoms with Crippen LogP contribution in [0.4, 0.5) is 0 Å². The molecule has 30 heavy (non-hydrogen) atoms. The summed E-state index contributed by atoms with van der Waals surface area (Å²) in [4.78, 5) is 13.5. The highest BCUT2D eigenvalue weighted by molar-refractivity contribution is 5.95. The van der Waals surface area contributed by atoms with Crippen molar-refractivity contribution in [3.63, 3.8) is 0 Å². The predicted octanol–water partition coefficient (Wildman–Crippen LogP) is 6.87. The summed E-state index contributed by atoms with van der Waals surface area (Å²) in [6.45, 7) is 7.28. The molecule has 2 saturated carbocycles. The molecule has 2 fully saturated rings. The molecule has 2 nitrogen and oxygen atoms in total. The number of ketones is 1. The van der Waals surface area contributed by atoms with E-state index in [4.69, 9.17) is 0 Å². The van der Waals surface area contributed by atoms with Gasteiger partial charge in [0.05, 0.1) is 5.52 Å². The fourth-order valence-corrected chi connectivity index (χ4v) is 7.80. The first-order valence-corrected chi connectivity index (χ1v) is 11.9. The van der Waals surface area contributed by atoms with E-state index >= 15 is 0 Å². The predicted molar refractivity (Wildman–Crippen MR) is 123 cm³/mol. The summed E-state index contributed by atoms with van der Waals surface area (Å²) in [6, 6.07) is 10.9. The Morgan fingerprint density at radius 2 is 1.80 bits per heavy atom. The molecule has 0 saturated heterocycles. The lowest BCUT2D eigenvalue weighted by Gasteiger charge is -2.57. The van der Waals surface area contributed by atoms with Crippen molar-refractivity contribution in [3.8, 4) is 0 Å². The van der Waals surface area contributed by atoms with Crippen molar-refractivity contribution >= 4 is 22.4 Å². The molecule has 4 aliphatic rings. The number of carbonyl (C=O) groups is 1. The third-order valence-electron chi connectivity index (χ3n) is 9.59. The molecular weight excluding hydrogens is 366 g/mol. The summed E-state index contributed by atoms with van der Waals surface area (Å²) in [5.74, 6) is 2.33. The van der Waals surface area contributed by atoms with Crippen molar-refractivity contribution in [2.24, 2.45) is 34.5 Å². The van der Waals surface area contributed by atoms with Gasteiger partial charge in [0, 0.05) is 23.2 Å². The van der Waals surface area contributed by atoms with Crippen molar-refractivity contribution in [2.45, 2.75) is 59.3 Å². The van der Waals surface area contributed by atoms with Crippen molar-refractivity contribution in [3.05, 3.63) is 54.3 Å². The normalized spacial score (nSPS) is 40.4. The molecule has 6 rings (SSSR count). The minimum Gasteiger partial charge on any atom is -0.320 e. The number of benzene rings is 1. The van der Waals surface area contributed by atoms with Gasteiger partial charge in [-0.3, -0.25) is 4.79 Å². The maximum Gasteiger partial charge on any atom is 0.159 e. The van der Waals surface area contributed by atoms with Crippen LogP contribution in [0, 0.1) is 34.5 Å². The standard InChI is InChI=1S/C28H33NO/c1-18-10-13-27(2)20(16-18)17-24(30)26-21-8-9-25(28(21,3)14-11-22(26)27)29-15-12-19-6-4-5-7-23(19)29/h4-7,9,12,15,17-18,21-22,26H,8,10-11,13-14,16H2,1-3H3/t18-,21?,22?,26?,27-,28-/m0/s1. The summed E-state index contributed by atoms with van der Waals surface area (Å²) in [7, 11) is 0. The summed E-state index contributed by atoms with van der Waals surface area (Å²) < 4.78 is 2.41. The molecule has 2 heteroatoms. The molecule has 0 spiro atoms. The highest BCUT2D eigenvalue weighted by atomic mass is 16.1. The van der Waals surface area contributed by atoms with Crippen molar-refractivity contribution in [1.82, 2.24) is 4.57 Å². The second kappa shape index (κ2) is 6.22. The van der Waals surface area contributed by atoms with Crippen LogP contribution in [-0.2, 0) is 4.79 Å². The van der Waals surface area contributed by atoms with E-state index in [1.807, 2.05) is 0 Å². The fraction of sp³-hybridized carbons (Fsp3) is 0.536. The molecule has 0 bridgehead atoms. The highest BCUT2D eigenvalue weighted by Gasteiger charge is 2.59. The minimum atomic E-state index is 0.0856. The van der Waals surface area contributed by atoms with Crippen LogP contribution in [0.1, 0.15) is 59.3 Å². The van der Waals surface area contributed by atoms with Crippen molar-refractivity contribution in [1.29, 1.82) is 0 Å². The molecule has 0 amide bonds. The Hall–Kier alpha value is -2.09. The number of para-hydroxylation sites is 1. The maximum atomic E-state index is 13.5. The summed E-state index contributed by atoms with van der Waals surface area (Å²) in [5.41, 5.74) is 4.52. The van der Waals surface area contributed by atoms with Crippen LogP contribution in [0.5, 0.6) is 0 Å². The van der Waals surface area contributed by atoms with Gasteiger partial charge in [-0.05, 0) is 85.3 Å². The average molecular weight is 400 g/mol. The van der Waals surface area contributed by atoms with Crippen LogP contribution in [0.15, 0.2) is 54.3 Å². The largest absolute Gasteiger partial charge is 0.320 e. The molecule has 0 radical (unpaired) electrons. The molecule has 4 aliphatic carbocycles. The van der Waals surface area contributed by atoms with Crippen LogP contribution in [-0.4, -0.2) is 10.4 Å². The second-order valence-electron chi connectivity index (χ2n) is 11.1. The van der Waals surface area contributed by atoms with Gasteiger partial charge in [0.2, 0.25) is 0 Å². The Labute approximate surface area is 180 Å².